The molecule has 1 aliphatic heterocycles. The maximum atomic E-state index is 13.5. The Bertz CT molecular complexity index is 1520. The molecule has 5 rings (SSSR count). The maximum absolute atomic E-state index is 13.5. The molecule has 2 aromatic carbocycles. The van der Waals surface area contributed by atoms with Gasteiger partial charge < -0.3 is 19.7 Å². The smallest absolute Gasteiger partial charge is 0.252 e. The van der Waals surface area contributed by atoms with Crippen LogP contribution >= 0.6 is 0 Å². The zero-order valence-electron chi connectivity index (χ0n) is 25.9. The number of likely N-dealkylation sites (N-methyl/N-ethyl adjacent to an activating group) is 1. The lowest BCUT2D eigenvalue weighted by atomic mass is 9.96. The van der Waals surface area contributed by atoms with Crippen LogP contribution in [0.15, 0.2) is 61.2 Å². The quantitative estimate of drug-likeness (QED) is 0.269. The molecule has 1 fully saturated rings. The standard InChI is InChI=1S/C33H43N7O3/c1-24-6-7-31(43-15-10-37(3)4)19-32(24)33(41)36-25(2)26-16-27(29-20-34-38(5)22-29)18-28(17-26)30-21-35-40(23-30)9-8-39-11-13-42-14-12-39/h6-7,16-23,25H,8-15H2,1-5H3,(H,36,41)/t25-/m1/s1. The molecule has 0 aliphatic carbocycles. The molecule has 43 heavy (non-hydrogen) atoms. The molecule has 10 heteroatoms. The van der Waals surface area contributed by atoms with Crippen molar-refractivity contribution in [1.29, 1.82) is 0 Å². The zero-order valence-corrected chi connectivity index (χ0v) is 25.9. The molecule has 2 aromatic heterocycles. The molecule has 0 bridgehead atoms. The van der Waals surface area contributed by atoms with E-state index in [9.17, 15) is 4.79 Å². The second-order valence-electron chi connectivity index (χ2n) is 11.5. The van der Waals surface area contributed by atoms with E-state index in [1.165, 1.54) is 0 Å². The summed E-state index contributed by atoms with van der Waals surface area (Å²) in [5, 5.41) is 12.3. The van der Waals surface area contributed by atoms with Crippen LogP contribution in [-0.2, 0) is 18.3 Å². The predicted octanol–water partition coefficient (Wildman–Crippen LogP) is 4.02. The lowest BCUT2D eigenvalue weighted by molar-refractivity contribution is 0.0360. The molecule has 0 saturated carbocycles. The van der Waals surface area contributed by atoms with Crippen LogP contribution in [0.2, 0.25) is 0 Å². The lowest BCUT2D eigenvalue weighted by Gasteiger charge is -2.26. The summed E-state index contributed by atoms with van der Waals surface area (Å²) in [4.78, 5) is 18.0. The van der Waals surface area contributed by atoms with Crippen molar-refractivity contribution in [2.45, 2.75) is 26.4 Å². The average Bonchev–Trinajstić information content (AvgIpc) is 3.66. The van der Waals surface area contributed by atoms with Crippen LogP contribution in [0.25, 0.3) is 22.3 Å². The first kappa shape index (κ1) is 30.5. The van der Waals surface area contributed by atoms with E-state index in [-0.39, 0.29) is 11.9 Å². The summed E-state index contributed by atoms with van der Waals surface area (Å²) in [6, 6.07) is 11.9. The van der Waals surface area contributed by atoms with Gasteiger partial charge in [-0.1, -0.05) is 6.07 Å². The molecular weight excluding hydrogens is 542 g/mol. The third-order valence-electron chi connectivity index (χ3n) is 7.82. The van der Waals surface area contributed by atoms with Gasteiger partial charge in [-0.25, -0.2) is 0 Å². The highest BCUT2D eigenvalue weighted by atomic mass is 16.5. The highest BCUT2D eigenvalue weighted by molar-refractivity contribution is 5.96. The van der Waals surface area contributed by atoms with Gasteiger partial charge in [0, 0.05) is 62.3 Å². The van der Waals surface area contributed by atoms with Gasteiger partial charge in [0.25, 0.3) is 5.91 Å². The first-order valence-corrected chi connectivity index (χ1v) is 14.9. The van der Waals surface area contributed by atoms with Crippen molar-refractivity contribution in [3.63, 3.8) is 0 Å². The van der Waals surface area contributed by atoms with Crippen molar-refractivity contribution in [2.75, 3.05) is 60.1 Å². The number of morpholine rings is 1. The number of aryl methyl sites for hydroxylation is 2. The van der Waals surface area contributed by atoms with Gasteiger partial charge in [0.1, 0.15) is 12.4 Å². The minimum Gasteiger partial charge on any atom is -0.492 e. The number of rotatable bonds is 12. The Morgan fingerprint density at radius 2 is 1.72 bits per heavy atom. The van der Waals surface area contributed by atoms with Gasteiger partial charge in [-0.05, 0) is 80.5 Å². The lowest BCUT2D eigenvalue weighted by Crippen LogP contribution is -2.38. The second-order valence-corrected chi connectivity index (χ2v) is 11.5. The van der Waals surface area contributed by atoms with Crippen molar-refractivity contribution < 1.29 is 14.3 Å². The summed E-state index contributed by atoms with van der Waals surface area (Å²) in [5.74, 6) is 0.559. The normalized spacial score (nSPS) is 14.7. The molecule has 0 radical (unpaired) electrons. The summed E-state index contributed by atoms with van der Waals surface area (Å²) in [7, 11) is 5.93. The van der Waals surface area contributed by atoms with Crippen molar-refractivity contribution >= 4 is 5.91 Å². The first-order valence-electron chi connectivity index (χ1n) is 14.9. The summed E-state index contributed by atoms with van der Waals surface area (Å²) in [5.41, 5.74) is 6.64. The number of aromatic nitrogens is 4. The Kier molecular flexibility index (Phi) is 9.91. The average molecular weight is 586 g/mol. The van der Waals surface area contributed by atoms with E-state index >= 15 is 0 Å². The highest BCUT2D eigenvalue weighted by Crippen LogP contribution is 2.31. The van der Waals surface area contributed by atoms with Gasteiger partial charge in [0.15, 0.2) is 0 Å². The molecule has 0 unspecified atom stereocenters. The fourth-order valence-electron chi connectivity index (χ4n) is 5.15. The van der Waals surface area contributed by atoms with Gasteiger partial charge in [-0.3, -0.25) is 19.1 Å². The van der Waals surface area contributed by atoms with Crippen LogP contribution in [-0.4, -0.2) is 95.4 Å². The summed E-state index contributed by atoms with van der Waals surface area (Å²) < 4.78 is 15.2. The Morgan fingerprint density at radius 1 is 1.00 bits per heavy atom. The Hall–Kier alpha value is -3.99. The van der Waals surface area contributed by atoms with E-state index in [4.69, 9.17) is 9.47 Å². The summed E-state index contributed by atoms with van der Waals surface area (Å²) in [6.45, 7) is 10.6. The number of ether oxygens (including phenoxy) is 2. The number of nitrogens with zero attached hydrogens (tertiary/aromatic N) is 6. The second kappa shape index (κ2) is 14.0. The van der Waals surface area contributed by atoms with Crippen LogP contribution in [0, 0.1) is 6.92 Å². The summed E-state index contributed by atoms with van der Waals surface area (Å²) in [6.07, 6.45) is 7.88. The van der Waals surface area contributed by atoms with E-state index < -0.39 is 0 Å². The molecule has 4 aromatic rings. The minimum atomic E-state index is -0.239. The van der Waals surface area contributed by atoms with Crippen LogP contribution in [0.5, 0.6) is 5.75 Å². The number of nitrogens with one attached hydrogen (secondary N) is 1. The van der Waals surface area contributed by atoms with E-state index in [1.807, 2.05) is 76.5 Å². The van der Waals surface area contributed by atoms with Crippen LogP contribution in [0.3, 0.4) is 0 Å². The van der Waals surface area contributed by atoms with E-state index in [1.54, 1.807) is 4.68 Å². The SMILES string of the molecule is Cc1ccc(OCCN(C)C)cc1C(=O)N[C@H](C)c1cc(-c2cnn(C)c2)cc(-c2cnn(CCN3CCOCC3)c2)c1. The molecule has 1 amide bonds. The van der Waals surface area contributed by atoms with Gasteiger partial charge in [-0.2, -0.15) is 10.2 Å². The molecule has 1 aliphatic rings. The van der Waals surface area contributed by atoms with Gasteiger partial charge in [0.05, 0.1) is 38.2 Å². The van der Waals surface area contributed by atoms with E-state index in [2.05, 4.69) is 49.7 Å². The van der Waals surface area contributed by atoms with Gasteiger partial charge in [-0.15, -0.1) is 0 Å². The van der Waals surface area contributed by atoms with Crippen molar-refractivity contribution in [1.82, 2.24) is 34.7 Å². The number of carbonyl (C=O) groups excluding carboxylic acids is 1. The predicted molar refractivity (Wildman–Crippen MR) is 168 cm³/mol. The molecule has 228 valence electrons. The molecule has 0 spiro atoms. The zero-order chi connectivity index (χ0) is 30.3. The Labute approximate surface area is 254 Å². The molecule has 1 saturated heterocycles. The number of hydrogen-bond acceptors (Lipinski definition) is 7. The van der Waals surface area contributed by atoms with Gasteiger partial charge >= 0.3 is 0 Å². The molecular formula is C33H43N7O3. The Morgan fingerprint density at radius 3 is 2.42 bits per heavy atom. The fraction of sp³-hybridized carbons (Fsp3) is 0.424. The monoisotopic (exact) mass is 585 g/mol. The molecule has 1 atom stereocenters. The topological polar surface area (TPSA) is 89.7 Å². The van der Waals surface area contributed by atoms with Crippen LogP contribution in [0.1, 0.15) is 34.5 Å². The van der Waals surface area contributed by atoms with Gasteiger partial charge in [0.2, 0.25) is 0 Å². The number of amides is 1. The van der Waals surface area contributed by atoms with Crippen LogP contribution in [0.4, 0.5) is 0 Å². The molecule has 1 N–H and O–H groups in total. The fourth-order valence-corrected chi connectivity index (χ4v) is 5.15. The van der Waals surface area contributed by atoms with Crippen molar-refractivity contribution in [3.8, 4) is 28.0 Å². The minimum absolute atomic E-state index is 0.132. The van der Waals surface area contributed by atoms with Crippen molar-refractivity contribution in [2.24, 2.45) is 7.05 Å². The number of benzene rings is 2. The molecule has 3 heterocycles. The highest BCUT2D eigenvalue weighted by Gasteiger charge is 2.18. The first-order chi connectivity index (χ1) is 20.7. The number of hydrogen-bond donors (Lipinski definition) is 1. The molecule has 10 nitrogen and oxygen atoms in total. The summed E-state index contributed by atoms with van der Waals surface area (Å²) >= 11 is 0. The van der Waals surface area contributed by atoms with E-state index in [0.717, 1.165) is 79.3 Å². The maximum Gasteiger partial charge on any atom is 0.252 e. The van der Waals surface area contributed by atoms with E-state index in [0.29, 0.717) is 17.9 Å². The third-order valence-corrected chi connectivity index (χ3v) is 7.82. The Balaban J connectivity index is 1.35. The van der Waals surface area contributed by atoms with Crippen molar-refractivity contribution in [3.05, 3.63) is 77.9 Å². The number of carbonyl (C=O) groups is 1. The van der Waals surface area contributed by atoms with Crippen LogP contribution < -0.4 is 10.1 Å². The third kappa shape index (κ3) is 8.10. The largest absolute Gasteiger partial charge is 0.492 e.